The van der Waals surface area contributed by atoms with E-state index in [0.717, 1.165) is 0 Å². The zero-order valence-corrected chi connectivity index (χ0v) is 16.4. The number of aromatic nitrogens is 2. The predicted octanol–water partition coefficient (Wildman–Crippen LogP) is -0.451. The van der Waals surface area contributed by atoms with Crippen LogP contribution in [0.1, 0.15) is 12.5 Å². The lowest BCUT2D eigenvalue weighted by atomic mass is 9.90. The summed E-state index contributed by atoms with van der Waals surface area (Å²) in [6.07, 6.45) is -1.44. The van der Waals surface area contributed by atoms with E-state index < -0.39 is 34.4 Å². The molecule has 0 spiro atoms. The number of morpholine rings is 1. The van der Waals surface area contributed by atoms with Crippen LogP contribution in [-0.2, 0) is 19.0 Å². The molecule has 1 fully saturated rings. The van der Waals surface area contributed by atoms with Crippen LogP contribution in [0, 0.1) is 11.3 Å². The molecule has 1 saturated heterocycles. The van der Waals surface area contributed by atoms with Crippen molar-refractivity contribution in [1.29, 1.82) is 5.26 Å². The van der Waals surface area contributed by atoms with Crippen LogP contribution >= 0.6 is 0 Å². The van der Waals surface area contributed by atoms with E-state index in [4.69, 9.17) is 20.4 Å². The summed E-state index contributed by atoms with van der Waals surface area (Å²) >= 11 is 0. The lowest BCUT2D eigenvalue weighted by Crippen LogP contribution is -2.49. The van der Waals surface area contributed by atoms with E-state index in [9.17, 15) is 26.9 Å². The third-order valence-corrected chi connectivity index (χ3v) is 5.35. The zero-order valence-electron chi connectivity index (χ0n) is 15.5. The lowest BCUT2D eigenvalue weighted by Gasteiger charge is -2.38. The van der Waals surface area contributed by atoms with Gasteiger partial charge in [0.1, 0.15) is 38.9 Å². The maximum Gasteiger partial charge on any atom is 0.523 e. The first kappa shape index (κ1) is 22.3. The van der Waals surface area contributed by atoms with Crippen molar-refractivity contribution < 1.29 is 30.5 Å². The standard InChI is InChI=1S/C16H13B2F3N4O4S/c1-8-5-25(6-10(29-8)7-28-30(26,27)16(19,20)21)11-3-2-9(4-22)12-13(11)24-15(18)14(17)23-12/h2-3,8,10H,5-7H2,1H3/t8-,10-/m1/s1. The zero-order chi connectivity index (χ0) is 22.3. The van der Waals surface area contributed by atoms with E-state index in [0.29, 0.717) is 12.2 Å². The highest BCUT2D eigenvalue weighted by Gasteiger charge is 2.47. The molecule has 30 heavy (non-hydrogen) atoms. The van der Waals surface area contributed by atoms with Crippen molar-refractivity contribution in [3.63, 3.8) is 0 Å². The van der Waals surface area contributed by atoms with E-state index in [2.05, 4.69) is 14.2 Å². The molecule has 1 aromatic heterocycles. The van der Waals surface area contributed by atoms with Gasteiger partial charge in [-0.2, -0.15) is 26.9 Å². The Morgan fingerprint density at radius 1 is 1.27 bits per heavy atom. The van der Waals surface area contributed by atoms with Gasteiger partial charge in [0.05, 0.1) is 24.0 Å². The minimum atomic E-state index is -5.74. The molecule has 0 unspecified atom stereocenters. The molecule has 2 aromatic rings. The molecule has 1 aromatic carbocycles. The van der Waals surface area contributed by atoms with Crippen LogP contribution in [0.2, 0.25) is 0 Å². The highest BCUT2D eigenvalue weighted by molar-refractivity contribution is 7.87. The van der Waals surface area contributed by atoms with Gasteiger partial charge < -0.3 is 9.64 Å². The van der Waals surface area contributed by atoms with Gasteiger partial charge in [-0.05, 0) is 30.2 Å². The van der Waals surface area contributed by atoms with Crippen LogP contribution in [0.5, 0.6) is 0 Å². The Hall–Kier alpha value is -2.36. The first-order chi connectivity index (χ1) is 13.9. The molecule has 4 radical (unpaired) electrons. The van der Waals surface area contributed by atoms with Crippen LogP contribution in [0.4, 0.5) is 18.9 Å². The SMILES string of the molecule is [B]c1nc2c(C#N)ccc(N3C[C@H](COS(=O)(=O)C(F)(F)F)O[C@H](C)C3)c2nc1[B]. The number of halogens is 3. The summed E-state index contributed by atoms with van der Waals surface area (Å²) in [6, 6.07) is 5.07. The summed E-state index contributed by atoms with van der Waals surface area (Å²) in [6.45, 7) is 1.17. The molecule has 1 aliphatic rings. The summed E-state index contributed by atoms with van der Waals surface area (Å²) < 4.78 is 69.4. The maximum absolute atomic E-state index is 12.5. The van der Waals surface area contributed by atoms with Crippen molar-refractivity contribution in [3.05, 3.63) is 17.7 Å². The Balaban J connectivity index is 1.92. The molecule has 2 atom stereocenters. The minimum Gasteiger partial charge on any atom is -0.369 e. The molecule has 8 nitrogen and oxygen atoms in total. The Bertz CT molecular complexity index is 1120. The molecular formula is C16H13B2F3N4O4S. The molecule has 2 heterocycles. The Labute approximate surface area is 172 Å². The van der Waals surface area contributed by atoms with E-state index in [1.807, 2.05) is 6.07 Å². The molecule has 0 amide bonds. The van der Waals surface area contributed by atoms with Crippen LogP contribution in [0.25, 0.3) is 11.0 Å². The number of benzene rings is 1. The molecule has 3 rings (SSSR count). The molecule has 14 heteroatoms. The number of hydrogen-bond acceptors (Lipinski definition) is 8. The topological polar surface area (TPSA) is 105 Å². The summed E-state index contributed by atoms with van der Waals surface area (Å²) in [4.78, 5) is 10.0. The molecule has 0 aliphatic carbocycles. The van der Waals surface area contributed by atoms with E-state index in [1.54, 1.807) is 17.9 Å². The molecule has 0 bridgehead atoms. The quantitative estimate of drug-likeness (QED) is 0.361. The number of fused-ring (bicyclic) bond motifs is 1. The van der Waals surface area contributed by atoms with Gasteiger partial charge >= 0.3 is 15.6 Å². The number of nitriles is 1. The summed E-state index contributed by atoms with van der Waals surface area (Å²) in [5.41, 5.74) is -4.42. The van der Waals surface area contributed by atoms with Crippen LogP contribution in [-0.4, -0.2) is 71.5 Å². The molecule has 0 N–H and O–H groups in total. The largest absolute Gasteiger partial charge is 0.523 e. The first-order valence-corrected chi connectivity index (χ1v) is 9.95. The fraction of sp³-hybridized carbons (Fsp3) is 0.438. The highest BCUT2D eigenvalue weighted by Crippen LogP contribution is 2.29. The van der Waals surface area contributed by atoms with Gasteiger partial charge in [-0.3, -0.25) is 14.2 Å². The number of ether oxygens (including phenoxy) is 1. The van der Waals surface area contributed by atoms with Crippen LogP contribution < -0.4 is 16.1 Å². The lowest BCUT2D eigenvalue weighted by molar-refractivity contribution is -0.0656. The normalized spacial score (nSPS) is 20.3. The van der Waals surface area contributed by atoms with Gasteiger partial charge in [0.15, 0.2) is 0 Å². The average molecular weight is 436 g/mol. The maximum atomic E-state index is 12.5. The monoisotopic (exact) mass is 436 g/mol. The Kier molecular flexibility index (Phi) is 5.99. The van der Waals surface area contributed by atoms with Crippen molar-refractivity contribution in [2.45, 2.75) is 24.6 Å². The second-order valence-corrected chi connectivity index (χ2v) is 8.20. The average Bonchev–Trinajstić information content (AvgIpc) is 2.65. The summed E-state index contributed by atoms with van der Waals surface area (Å²) in [5, 5.41) is 9.30. The smallest absolute Gasteiger partial charge is 0.369 e. The third-order valence-electron chi connectivity index (χ3n) is 4.34. The predicted molar refractivity (Wildman–Crippen MR) is 103 cm³/mol. The molecule has 1 aliphatic heterocycles. The minimum absolute atomic E-state index is 0.00464. The molecule has 154 valence electrons. The van der Waals surface area contributed by atoms with Gasteiger partial charge in [-0.15, -0.1) is 0 Å². The Morgan fingerprint density at radius 2 is 1.90 bits per heavy atom. The number of anilines is 1. The fourth-order valence-corrected chi connectivity index (χ4v) is 3.52. The highest BCUT2D eigenvalue weighted by atomic mass is 32.2. The summed E-state index contributed by atoms with van der Waals surface area (Å²) in [5.74, 6) is 0. The van der Waals surface area contributed by atoms with E-state index in [-0.39, 0.29) is 34.3 Å². The van der Waals surface area contributed by atoms with Crippen molar-refractivity contribution in [1.82, 2.24) is 9.97 Å². The second kappa shape index (κ2) is 8.05. The van der Waals surface area contributed by atoms with Gasteiger partial charge in [-0.1, -0.05) is 0 Å². The number of hydrogen-bond donors (Lipinski definition) is 0. The molecular weight excluding hydrogens is 423 g/mol. The van der Waals surface area contributed by atoms with Crippen molar-refractivity contribution in [2.75, 3.05) is 24.6 Å². The first-order valence-electron chi connectivity index (χ1n) is 8.55. The summed E-state index contributed by atoms with van der Waals surface area (Å²) in [7, 11) is 5.70. The number of nitrogens with zero attached hydrogens (tertiary/aromatic N) is 4. The van der Waals surface area contributed by atoms with Gasteiger partial charge in [0.25, 0.3) is 0 Å². The van der Waals surface area contributed by atoms with Crippen LogP contribution in [0.15, 0.2) is 12.1 Å². The fourth-order valence-electron chi connectivity index (χ4n) is 3.06. The van der Waals surface area contributed by atoms with Crippen LogP contribution in [0.3, 0.4) is 0 Å². The van der Waals surface area contributed by atoms with Crippen molar-refractivity contribution in [3.8, 4) is 6.07 Å². The van der Waals surface area contributed by atoms with Crippen molar-refractivity contribution >= 4 is 53.7 Å². The van der Waals surface area contributed by atoms with Gasteiger partial charge in [-0.25, -0.2) is 0 Å². The van der Waals surface area contributed by atoms with Crippen molar-refractivity contribution in [2.24, 2.45) is 0 Å². The number of rotatable bonds is 4. The second-order valence-electron chi connectivity index (χ2n) is 6.59. The van der Waals surface area contributed by atoms with E-state index >= 15 is 0 Å². The Morgan fingerprint density at radius 3 is 2.50 bits per heavy atom. The molecule has 0 saturated carbocycles. The number of alkyl halides is 3. The van der Waals surface area contributed by atoms with Gasteiger partial charge in [0, 0.05) is 13.1 Å². The van der Waals surface area contributed by atoms with E-state index in [1.165, 1.54) is 6.07 Å². The van der Waals surface area contributed by atoms with Gasteiger partial charge in [0.2, 0.25) is 0 Å². The third kappa shape index (κ3) is 4.38.